The lowest BCUT2D eigenvalue weighted by Gasteiger charge is -2.10. The summed E-state index contributed by atoms with van der Waals surface area (Å²) in [6.07, 6.45) is 10.7. The van der Waals surface area contributed by atoms with Crippen LogP contribution in [0, 0.1) is 6.92 Å². The van der Waals surface area contributed by atoms with Gasteiger partial charge >= 0.3 is 0 Å². The molecule has 0 aliphatic carbocycles. The van der Waals surface area contributed by atoms with Crippen molar-refractivity contribution in [2.45, 2.75) is 34.6 Å². The highest BCUT2D eigenvalue weighted by Crippen LogP contribution is 2.22. The van der Waals surface area contributed by atoms with Crippen LogP contribution in [0.1, 0.15) is 55.0 Å². The van der Waals surface area contributed by atoms with Crippen LogP contribution in [-0.4, -0.2) is 17.0 Å². The average Bonchev–Trinajstić information content (AvgIpc) is 2.48. The first-order chi connectivity index (χ1) is 11.0. The number of nitrogens with zero attached hydrogens (tertiary/aromatic N) is 2. The fraction of sp³-hybridized carbons (Fsp3) is 0.250. The molecule has 1 aromatic heterocycles. The summed E-state index contributed by atoms with van der Waals surface area (Å²) in [4.78, 5) is 20.3. The molecule has 0 atom stereocenters. The van der Waals surface area contributed by atoms with Crippen LogP contribution >= 0.6 is 0 Å². The third-order valence-electron chi connectivity index (χ3n) is 2.81. The summed E-state index contributed by atoms with van der Waals surface area (Å²) in [6, 6.07) is 1.89. The molecule has 0 fully saturated rings. The average molecular weight is 310 g/mol. The number of ketones is 1. The molecule has 0 radical (unpaired) electrons. The highest BCUT2D eigenvalue weighted by Gasteiger charge is 2.13. The molecule has 0 unspecified atom stereocenters. The van der Waals surface area contributed by atoms with E-state index in [-0.39, 0.29) is 5.78 Å². The standard InChI is InChI=1S/C17H20N2O.C3H6/c1-6-9-15-10-16(14(7-2)11-18-8-3)19-12(4)17(15)13(5)20;1-3-2/h6-11H,2H2,1,3-5H3;3H,1H2,2H3/b9-6-,14-11+,18-8?;. The number of pyridine rings is 1. The van der Waals surface area contributed by atoms with Crippen LogP contribution in [-0.2, 0) is 0 Å². The normalized spacial score (nSPS) is 11.3. The predicted molar refractivity (Wildman–Crippen MR) is 102 cm³/mol. The first-order valence-corrected chi connectivity index (χ1v) is 7.49. The van der Waals surface area contributed by atoms with Gasteiger partial charge in [0.05, 0.1) is 5.69 Å². The molecule has 0 aromatic carbocycles. The van der Waals surface area contributed by atoms with Crippen molar-refractivity contribution in [1.29, 1.82) is 0 Å². The molecule has 1 rings (SSSR count). The third-order valence-corrected chi connectivity index (χ3v) is 2.81. The van der Waals surface area contributed by atoms with E-state index in [1.54, 1.807) is 31.5 Å². The summed E-state index contributed by atoms with van der Waals surface area (Å²) >= 11 is 0. The van der Waals surface area contributed by atoms with Crippen molar-refractivity contribution >= 4 is 23.6 Å². The van der Waals surface area contributed by atoms with E-state index in [1.165, 1.54) is 0 Å². The molecule has 0 amide bonds. The van der Waals surface area contributed by atoms with Crippen molar-refractivity contribution in [2.24, 2.45) is 4.99 Å². The van der Waals surface area contributed by atoms with E-state index in [1.807, 2.05) is 45.9 Å². The Morgan fingerprint density at radius 3 is 2.30 bits per heavy atom. The molecule has 3 heteroatoms. The number of aryl methyl sites for hydroxylation is 1. The van der Waals surface area contributed by atoms with Gasteiger partial charge in [-0.25, -0.2) is 0 Å². The van der Waals surface area contributed by atoms with Crippen LogP contribution < -0.4 is 0 Å². The smallest absolute Gasteiger partial charge is 0.162 e. The molecule has 1 heterocycles. The van der Waals surface area contributed by atoms with E-state index >= 15 is 0 Å². The number of allylic oxidation sites excluding steroid dienone is 4. The Labute approximate surface area is 139 Å². The van der Waals surface area contributed by atoms with E-state index < -0.39 is 0 Å². The van der Waals surface area contributed by atoms with Crippen LogP contribution in [0.5, 0.6) is 0 Å². The molecule has 0 saturated carbocycles. The van der Waals surface area contributed by atoms with Gasteiger partial charge in [0.2, 0.25) is 0 Å². The van der Waals surface area contributed by atoms with Crippen molar-refractivity contribution in [2.75, 3.05) is 0 Å². The fourth-order valence-electron chi connectivity index (χ4n) is 1.99. The quantitative estimate of drug-likeness (QED) is 0.315. The highest BCUT2D eigenvalue weighted by molar-refractivity contribution is 5.99. The zero-order chi connectivity index (χ0) is 17.8. The van der Waals surface area contributed by atoms with Gasteiger partial charge in [0.15, 0.2) is 5.78 Å². The molecule has 0 N–H and O–H groups in total. The van der Waals surface area contributed by atoms with Gasteiger partial charge < -0.3 is 0 Å². The minimum atomic E-state index is 0.0189. The number of carbonyl (C=O) groups is 1. The van der Waals surface area contributed by atoms with Crippen molar-refractivity contribution in [3.8, 4) is 0 Å². The van der Waals surface area contributed by atoms with Crippen LogP contribution in [0.2, 0.25) is 0 Å². The van der Waals surface area contributed by atoms with Gasteiger partial charge in [-0.3, -0.25) is 14.8 Å². The molecule has 1 aromatic rings. The van der Waals surface area contributed by atoms with Crippen LogP contribution in [0.3, 0.4) is 0 Å². The lowest BCUT2D eigenvalue weighted by atomic mass is 10.00. The van der Waals surface area contributed by atoms with Gasteiger partial charge in [0.25, 0.3) is 0 Å². The SMILES string of the molecule is C=C/C(=C\N=CC)c1cc(/C=C\C)c(C(C)=O)c(C)n1.C=CC. The molecule has 0 spiro atoms. The molecule has 23 heavy (non-hydrogen) atoms. The zero-order valence-electron chi connectivity index (χ0n) is 14.8. The first-order valence-electron chi connectivity index (χ1n) is 7.49. The summed E-state index contributed by atoms with van der Waals surface area (Å²) < 4.78 is 0. The Kier molecular flexibility index (Phi) is 9.85. The highest BCUT2D eigenvalue weighted by atomic mass is 16.1. The molecule has 3 nitrogen and oxygen atoms in total. The summed E-state index contributed by atoms with van der Waals surface area (Å²) in [6.45, 7) is 16.2. The third kappa shape index (κ3) is 6.39. The van der Waals surface area contributed by atoms with Crippen molar-refractivity contribution in [3.05, 3.63) is 66.2 Å². The number of carbonyl (C=O) groups excluding carboxylic acids is 1. The minimum absolute atomic E-state index is 0.0189. The zero-order valence-corrected chi connectivity index (χ0v) is 14.8. The van der Waals surface area contributed by atoms with Gasteiger partial charge in [-0.2, -0.15) is 0 Å². The molecular formula is C20H26N2O. The number of aliphatic imine (C=N–C) groups is 1. The van der Waals surface area contributed by atoms with Crippen molar-refractivity contribution in [1.82, 2.24) is 4.98 Å². The summed E-state index contributed by atoms with van der Waals surface area (Å²) in [5.41, 5.74) is 3.84. The van der Waals surface area contributed by atoms with Crippen molar-refractivity contribution < 1.29 is 4.79 Å². The first kappa shape index (κ1) is 20.5. The van der Waals surface area contributed by atoms with Crippen LogP contribution in [0.15, 0.2) is 48.6 Å². The molecular weight excluding hydrogens is 284 g/mol. The fourth-order valence-corrected chi connectivity index (χ4v) is 1.99. The second kappa shape index (κ2) is 11.1. The maximum atomic E-state index is 11.8. The van der Waals surface area contributed by atoms with E-state index in [4.69, 9.17) is 0 Å². The van der Waals surface area contributed by atoms with E-state index in [2.05, 4.69) is 23.1 Å². The molecule has 122 valence electrons. The van der Waals surface area contributed by atoms with Crippen molar-refractivity contribution in [3.63, 3.8) is 0 Å². The maximum Gasteiger partial charge on any atom is 0.162 e. The minimum Gasteiger partial charge on any atom is -0.294 e. The predicted octanol–water partition coefficient (Wildman–Crippen LogP) is 5.44. The summed E-state index contributed by atoms with van der Waals surface area (Å²) in [5.74, 6) is 0.0189. The number of aromatic nitrogens is 1. The Morgan fingerprint density at radius 1 is 1.26 bits per heavy atom. The monoisotopic (exact) mass is 310 g/mol. The van der Waals surface area contributed by atoms with E-state index in [0.717, 1.165) is 22.5 Å². The van der Waals surface area contributed by atoms with E-state index in [0.29, 0.717) is 5.56 Å². The Balaban J connectivity index is 0.00000149. The molecule has 0 aliphatic rings. The molecule has 0 aliphatic heterocycles. The Bertz CT molecular complexity index is 650. The van der Waals surface area contributed by atoms with Crippen LogP contribution in [0.4, 0.5) is 0 Å². The largest absolute Gasteiger partial charge is 0.294 e. The number of rotatable bonds is 5. The van der Waals surface area contributed by atoms with Gasteiger partial charge in [-0.05, 0) is 46.2 Å². The number of hydrogen-bond donors (Lipinski definition) is 0. The second-order valence-corrected chi connectivity index (χ2v) is 4.72. The topological polar surface area (TPSA) is 42.3 Å². The van der Waals surface area contributed by atoms with Gasteiger partial charge in [-0.15, -0.1) is 6.58 Å². The maximum absolute atomic E-state index is 11.8. The molecule has 0 saturated heterocycles. The number of hydrogen-bond acceptors (Lipinski definition) is 3. The van der Waals surface area contributed by atoms with Gasteiger partial charge in [-0.1, -0.05) is 30.9 Å². The second-order valence-electron chi connectivity index (χ2n) is 4.72. The van der Waals surface area contributed by atoms with Gasteiger partial charge in [0.1, 0.15) is 0 Å². The molecule has 0 bridgehead atoms. The lowest BCUT2D eigenvalue weighted by Crippen LogP contribution is -2.04. The Hall–Kier alpha value is -2.55. The van der Waals surface area contributed by atoms with Gasteiger partial charge in [0, 0.05) is 29.2 Å². The number of Topliss-reactive ketones (excluding diaryl/α,β-unsaturated/α-hetero) is 1. The summed E-state index contributed by atoms with van der Waals surface area (Å²) in [7, 11) is 0. The summed E-state index contributed by atoms with van der Waals surface area (Å²) in [5, 5.41) is 0. The lowest BCUT2D eigenvalue weighted by molar-refractivity contribution is 0.101. The Morgan fingerprint density at radius 2 is 1.87 bits per heavy atom. The van der Waals surface area contributed by atoms with E-state index in [9.17, 15) is 4.79 Å². The van der Waals surface area contributed by atoms with Crippen LogP contribution in [0.25, 0.3) is 11.6 Å².